The first kappa shape index (κ1) is 15.1. The normalized spacial score (nSPS) is 16.0. The van der Waals surface area contributed by atoms with Gasteiger partial charge in [-0.05, 0) is 36.8 Å². The van der Waals surface area contributed by atoms with Crippen molar-refractivity contribution in [2.24, 2.45) is 0 Å². The quantitative estimate of drug-likeness (QED) is 0.797. The van der Waals surface area contributed by atoms with Crippen LogP contribution >= 0.6 is 0 Å². The van der Waals surface area contributed by atoms with Crippen LogP contribution in [0.2, 0.25) is 0 Å². The maximum atomic E-state index is 9.86. The van der Waals surface area contributed by atoms with Gasteiger partial charge in [0, 0.05) is 43.8 Å². The average Bonchev–Trinajstić information content (AvgIpc) is 3.10. The van der Waals surface area contributed by atoms with Gasteiger partial charge in [-0.1, -0.05) is 23.8 Å². The second-order valence-electron chi connectivity index (χ2n) is 6.51. The predicted molar refractivity (Wildman–Crippen MR) is 96.5 cm³/mol. The molecule has 1 fully saturated rings. The highest BCUT2D eigenvalue weighted by molar-refractivity contribution is 5.85. The first-order valence-electron chi connectivity index (χ1n) is 8.43. The molecule has 2 heterocycles. The van der Waals surface area contributed by atoms with Gasteiger partial charge < -0.3 is 14.4 Å². The fourth-order valence-electron chi connectivity index (χ4n) is 3.40. The standard InChI is InChI=1S/C20H22N2O2/c1-15-2-5-17(6-3-15)22-11-9-21(10-12-22)14-16-4-7-19(23)20-18(16)8-13-24-20/h2-8,13,23H,9-12,14H2,1H3. The molecule has 0 atom stereocenters. The number of benzene rings is 2. The van der Waals surface area contributed by atoms with E-state index in [0.29, 0.717) is 5.58 Å². The van der Waals surface area contributed by atoms with Crippen LogP contribution in [0.3, 0.4) is 0 Å². The summed E-state index contributed by atoms with van der Waals surface area (Å²) < 4.78 is 5.39. The van der Waals surface area contributed by atoms with E-state index in [0.717, 1.165) is 38.1 Å². The Kier molecular flexibility index (Phi) is 3.90. The lowest BCUT2D eigenvalue weighted by Gasteiger charge is -2.36. The SMILES string of the molecule is Cc1ccc(N2CCN(Cc3ccc(O)c4occc34)CC2)cc1. The molecule has 3 aromatic rings. The van der Waals surface area contributed by atoms with E-state index >= 15 is 0 Å². The Balaban J connectivity index is 1.43. The summed E-state index contributed by atoms with van der Waals surface area (Å²) in [5.41, 5.74) is 4.40. The highest BCUT2D eigenvalue weighted by atomic mass is 16.3. The average molecular weight is 322 g/mol. The van der Waals surface area contributed by atoms with Crippen molar-refractivity contribution in [3.05, 3.63) is 59.9 Å². The molecule has 1 saturated heterocycles. The molecule has 0 amide bonds. The Morgan fingerprint density at radius 2 is 1.71 bits per heavy atom. The van der Waals surface area contributed by atoms with Gasteiger partial charge in [0.2, 0.25) is 0 Å². The number of aryl methyl sites for hydroxylation is 1. The minimum atomic E-state index is 0.211. The summed E-state index contributed by atoms with van der Waals surface area (Å²) in [6, 6.07) is 14.4. The number of fused-ring (bicyclic) bond motifs is 1. The van der Waals surface area contributed by atoms with Gasteiger partial charge >= 0.3 is 0 Å². The van der Waals surface area contributed by atoms with E-state index in [-0.39, 0.29) is 5.75 Å². The summed E-state index contributed by atoms with van der Waals surface area (Å²) in [5.74, 6) is 0.211. The maximum Gasteiger partial charge on any atom is 0.175 e. The van der Waals surface area contributed by atoms with Gasteiger partial charge in [-0.15, -0.1) is 0 Å². The van der Waals surface area contributed by atoms with Gasteiger partial charge in [-0.25, -0.2) is 0 Å². The lowest BCUT2D eigenvalue weighted by atomic mass is 10.1. The number of aromatic hydroxyl groups is 1. The van der Waals surface area contributed by atoms with Crippen LogP contribution in [0.5, 0.6) is 5.75 Å². The summed E-state index contributed by atoms with van der Waals surface area (Å²) in [5, 5.41) is 10.9. The summed E-state index contributed by atoms with van der Waals surface area (Å²) in [7, 11) is 0. The largest absolute Gasteiger partial charge is 0.504 e. The molecule has 4 rings (SSSR count). The van der Waals surface area contributed by atoms with Crippen molar-refractivity contribution >= 4 is 16.7 Å². The first-order chi connectivity index (χ1) is 11.7. The van der Waals surface area contributed by atoms with E-state index in [2.05, 4.69) is 41.0 Å². The number of furan rings is 1. The van der Waals surface area contributed by atoms with Gasteiger partial charge in [-0.3, -0.25) is 4.90 Å². The molecule has 0 aliphatic carbocycles. The monoisotopic (exact) mass is 322 g/mol. The van der Waals surface area contributed by atoms with Crippen molar-refractivity contribution in [3.8, 4) is 5.75 Å². The molecule has 0 radical (unpaired) electrons. The van der Waals surface area contributed by atoms with Gasteiger partial charge in [-0.2, -0.15) is 0 Å². The number of anilines is 1. The summed E-state index contributed by atoms with van der Waals surface area (Å²) in [6.07, 6.45) is 1.64. The van der Waals surface area contributed by atoms with Crippen LogP contribution in [-0.2, 0) is 6.54 Å². The molecule has 1 aromatic heterocycles. The first-order valence-corrected chi connectivity index (χ1v) is 8.43. The van der Waals surface area contributed by atoms with Crippen LogP contribution in [-0.4, -0.2) is 36.2 Å². The van der Waals surface area contributed by atoms with Gasteiger partial charge in [0.05, 0.1) is 6.26 Å². The zero-order valence-corrected chi connectivity index (χ0v) is 13.9. The van der Waals surface area contributed by atoms with Crippen LogP contribution in [0.15, 0.2) is 53.1 Å². The Bertz CT molecular complexity index is 830. The smallest absolute Gasteiger partial charge is 0.175 e. The molecule has 1 aliphatic heterocycles. The molecular formula is C20H22N2O2. The second-order valence-corrected chi connectivity index (χ2v) is 6.51. The van der Waals surface area contributed by atoms with Crippen LogP contribution < -0.4 is 4.90 Å². The topological polar surface area (TPSA) is 39.9 Å². The van der Waals surface area contributed by atoms with Crippen LogP contribution in [0.4, 0.5) is 5.69 Å². The van der Waals surface area contributed by atoms with Crippen LogP contribution in [0, 0.1) is 6.92 Å². The number of hydrogen-bond acceptors (Lipinski definition) is 4. The van der Waals surface area contributed by atoms with Crippen LogP contribution in [0.1, 0.15) is 11.1 Å². The maximum absolute atomic E-state index is 9.86. The second kappa shape index (κ2) is 6.21. The Labute approximate surface area is 141 Å². The fourth-order valence-corrected chi connectivity index (χ4v) is 3.40. The summed E-state index contributed by atoms with van der Waals surface area (Å²) in [6.45, 7) is 7.15. The van der Waals surface area contributed by atoms with E-state index in [1.54, 1.807) is 12.3 Å². The van der Waals surface area contributed by atoms with E-state index in [1.807, 2.05) is 12.1 Å². The number of nitrogens with zero attached hydrogens (tertiary/aromatic N) is 2. The zero-order valence-electron chi connectivity index (χ0n) is 13.9. The Morgan fingerprint density at radius 1 is 0.958 bits per heavy atom. The molecule has 24 heavy (non-hydrogen) atoms. The van der Waals surface area contributed by atoms with Gasteiger partial charge in [0.1, 0.15) is 0 Å². The molecule has 2 aromatic carbocycles. The van der Waals surface area contributed by atoms with Crippen molar-refractivity contribution in [2.45, 2.75) is 13.5 Å². The molecule has 1 aliphatic rings. The molecular weight excluding hydrogens is 300 g/mol. The molecule has 124 valence electrons. The number of phenols is 1. The predicted octanol–water partition coefficient (Wildman–Crippen LogP) is 3.77. The lowest BCUT2D eigenvalue weighted by Crippen LogP contribution is -2.45. The number of hydrogen-bond donors (Lipinski definition) is 1. The van der Waals surface area contributed by atoms with Crippen molar-refractivity contribution in [3.63, 3.8) is 0 Å². The molecule has 1 N–H and O–H groups in total. The molecule has 0 saturated carbocycles. The third-order valence-corrected chi connectivity index (χ3v) is 4.85. The minimum absolute atomic E-state index is 0.211. The number of rotatable bonds is 3. The molecule has 0 spiro atoms. The Morgan fingerprint density at radius 3 is 2.46 bits per heavy atom. The van der Waals surface area contributed by atoms with E-state index in [1.165, 1.54) is 16.8 Å². The number of piperazine rings is 1. The van der Waals surface area contributed by atoms with Crippen molar-refractivity contribution < 1.29 is 9.52 Å². The highest BCUT2D eigenvalue weighted by Crippen LogP contribution is 2.29. The van der Waals surface area contributed by atoms with Gasteiger partial charge in [0.15, 0.2) is 11.3 Å². The Hall–Kier alpha value is -2.46. The van der Waals surface area contributed by atoms with Gasteiger partial charge in [0.25, 0.3) is 0 Å². The third-order valence-electron chi connectivity index (χ3n) is 4.85. The van der Waals surface area contributed by atoms with Crippen LogP contribution in [0.25, 0.3) is 11.0 Å². The summed E-state index contributed by atoms with van der Waals surface area (Å²) in [4.78, 5) is 4.91. The van der Waals surface area contributed by atoms with Crippen molar-refractivity contribution in [1.29, 1.82) is 0 Å². The molecule has 0 bridgehead atoms. The minimum Gasteiger partial charge on any atom is -0.504 e. The highest BCUT2D eigenvalue weighted by Gasteiger charge is 2.18. The molecule has 0 unspecified atom stereocenters. The van der Waals surface area contributed by atoms with E-state index in [9.17, 15) is 5.11 Å². The number of phenolic OH excluding ortho intramolecular Hbond substituents is 1. The van der Waals surface area contributed by atoms with Crippen molar-refractivity contribution in [2.75, 3.05) is 31.1 Å². The summed E-state index contributed by atoms with van der Waals surface area (Å²) >= 11 is 0. The lowest BCUT2D eigenvalue weighted by molar-refractivity contribution is 0.250. The van der Waals surface area contributed by atoms with E-state index < -0.39 is 0 Å². The third kappa shape index (κ3) is 2.85. The fraction of sp³-hybridized carbons (Fsp3) is 0.300. The molecule has 4 heteroatoms. The molecule has 4 nitrogen and oxygen atoms in total. The van der Waals surface area contributed by atoms with Crippen molar-refractivity contribution in [1.82, 2.24) is 4.90 Å². The zero-order chi connectivity index (χ0) is 16.5. The van der Waals surface area contributed by atoms with E-state index in [4.69, 9.17) is 4.42 Å².